The summed E-state index contributed by atoms with van der Waals surface area (Å²) < 4.78 is 26.4. The summed E-state index contributed by atoms with van der Waals surface area (Å²) in [6.45, 7) is 2.23. The quantitative estimate of drug-likeness (QED) is 0.837. The molecule has 0 aromatic heterocycles. The van der Waals surface area contributed by atoms with E-state index in [1.54, 1.807) is 6.07 Å². The van der Waals surface area contributed by atoms with Crippen LogP contribution in [0.4, 0.5) is 0 Å². The molecule has 2 aromatic rings. The fourth-order valence-corrected chi connectivity index (χ4v) is 4.16. The summed E-state index contributed by atoms with van der Waals surface area (Å²) in [6, 6.07) is 12.3. The van der Waals surface area contributed by atoms with Crippen molar-refractivity contribution in [3.63, 3.8) is 0 Å². The van der Waals surface area contributed by atoms with Crippen molar-refractivity contribution >= 4 is 33.2 Å². The van der Waals surface area contributed by atoms with Crippen LogP contribution in [0, 0.1) is 6.92 Å². The largest absolute Gasteiger partial charge is 0.246 e. The highest BCUT2D eigenvalue weighted by Gasteiger charge is 2.26. The summed E-state index contributed by atoms with van der Waals surface area (Å²) in [6.07, 6.45) is 0. The van der Waals surface area contributed by atoms with E-state index in [-0.39, 0.29) is 21.5 Å². The highest BCUT2D eigenvalue weighted by molar-refractivity contribution is 7.89. The monoisotopic (exact) mass is 343 g/mol. The van der Waals surface area contributed by atoms with Crippen molar-refractivity contribution in [2.75, 3.05) is 7.05 Å². The molecule has 6 heteroatoms. The Balaban J connectivity index is 2.33. The molecule has 2 aromatic carbocycles. The highest BCUT2D eigenvalue weighted by atomic mass is 35.5. The normalized spacial score (nSPS) is 11.9. The predicted octanol–water partition coefficient (Wildman–Crippen LogP) is 4.12. The summed E-state index contributed by atoms with van der Waals surface area (Å²) >= 11 is 12.0. The topological polar surface area (TPSA) is 37.4 Å². The molecule has 0 fully saturated rings. The second kappa shape index (κ2) is 6.36. The average Bonchev–Trinajstić information content (AvgIpc) is 2.40. The van der Waals surface area contributed by atoms with Crippen LogP contribution in [-0.2, 0) is 16.6 Å². The Morgan fingerprint density at radius 1 is 1.00 bits per heavy atom. The summed E-state index contributed by atoms with van der Waals surface area (Å²) in [5.74, 6) is 0. The molecule has 0 saturated heterocycles. The SMILES string of the molecule is Cc1ccc(CN(C)S(=O)(=O)c2c(Cl)cccc2Cl)cc1. The van der Waals surface area contributed by atoms with Gasteiger partial charge in [-0.2, -0.15) is 4.31 Å². The Bertz CT molecular complexity index is 723. The molecule has 0 radical (unpaired) electrons. The fraction of sp³-hybridized carbons (Fsp3) is 0.200. The Kier molecular flexibility index (Phi) is 4.94. The molecule has 0 bridgehead atoms. The van der Waals surface area contributed by atoms with Gasteiger partial charge in [0, 0.05) is 13.6 Å². The van der Waals surface area contributed by atoms with Crippen molar-refractivity contribution in [1.29, 1.82) is 0 Å². The number of rotatable bonds is 4. The third-order valence-corrected chi connectivity index (χ3v) is 5.87. The number of nitrogens with zero attached hydrogens (tertiary/aromatic N) is 1. The van der Waals surface area contributed by atoms with Gasteiger partial charge in [-0.1, -0.05) is 59.1 Å². The number of halogens is 2. The minimum atomic E-state index is -3.74. The summed E-state index contributed by atoms with van der Waals surface area (Å²) in [4.78, 5) is -0.0528. The van der Waals surface area contributed by atoms with Gasteiger partial charge in [-0.15, -0.1) is 0 Å². The maximum atomic E-state index is 12.6. The maximum absolute atomic E-state index is 12.6. The van der Waals surface area contributed by atoms with Crippen LogP contribution in [-0.4, -0.2) is 19.8 Å². The molecule has 0 N–H and O–H groups in total. The van der Waals surface area contributed by atoms with Crippen molar-refractivity contribution in [2.45, 2.75) is 18.4 Å². The Morgan fingerprint density at radius 2 is 1.52 bits per heavy atom. The lowest BCUT2D eigenvalue weighted by Crippen LogP contribution is -2.27. The minimum Gasteiger partial charge on any atom is -0.207 e. The van der Waals surface area contributed by atoms with E-state index < -0.39 is 10.0 Å². The average molecular weight is 344 g/mol. The summed E-state index contributed by atoms with van der Waals surface area (Å²) in [7, 11) is -2.23. The molecule has 0 saturated carbocycles. The van der Waals surface area contributed by atoms with E-state index in [2.05, 4.69) is 0 Å². The first-order valence-corrected chi connectivity index (χ1v) is 8.48. The Hall–Kier alpha value is -1.07. The molecule has 0 atom stereocenters. The third kappa shape index (κ3) is 3.58. The van der Waals surface area contributed by atoms with E-state index in [1.165, 1.54) is 23.5 Å². The van der Waals surface area contributed by atoms with Gasteiger partial charge in [-0.3, -0.25) is 0 Å². The third-order valence-electron chi connectivity index (χ3n) is 3.11. The molecule has 0 heterocycles. The first-order valence-electron chi connectivity index (χ1n) is 6.28. The van der Waals surface area contributed by atoms with Crippen LogP contribution in [0.15, 0.2) is 47.4 Å². The highest BCUT2D eigenvalue weighted by Crippen LogP contribution is 2.31. The van der Waals surface area contributed by atoms with Gasteiger partial charge in [0.25, 0.3) is 0 Å². The lowest BCUT2D eigenvalue weighted by atomic mass is 10.1. The van der Waals surface area contributed by atoms with Crippen molar-refractivity contribution in [1.82, 2.24) is 4.31 Å². The van der Waals surface area contributed by atoms with Gasteiger partial charge < -0.3 is 0 Å². The molecular formula is C15H15Cl2NO2S. The molecule has 112 valence electrons. The van der Waals surface area contributed by atoms with E-state index in [0.29, 0.717) is 0 Å². The molecule has 0 aliphatic heterocycles. The van der Waals surface area contributed by atoms with Crippen LogP contribution >= 0.6 is 23.2 Å². The van der Waals surface area contributed by atoms with Crippen molar-refractivity contribution in [2.24, 2.45) is 0 Å². The second-order valence-electron chi connectivity index (χ2n) is 4.80. The molecule has 0 spiro atoms. The number of aryl methyl sites for hydroxylation is 1. The van der Waals surface area contributed by atoms with E-state index in [4.69, 9.17) is 23.2 Å². The zero-order valence-corrected chi connectivity index (χ0v) is 14.0. The van der Waals surface area contributed by atoms with Crippen LogP contribution in [0.5, 0.6) is 0 Å². The molecular weight excluding hydrogens is 329 g/mol. The van der Waals surface area contributed by atoms with E-state index >= 15 is 0 Å². The molecule has 2 rings (SSSR count). The Labute approximate surface area is 135 Å². The van der Waals surface area contributed by atoms with Crippen molar-refractivity contribution in [3.05, 3.63) is 63.6 Å². The maximum Gasteiger partial charge on any atom is 0.246 e. The number of sulfonamides is 1. The number of hydrogen-bond acceptors (Lipinski definition) is 2. The smallest absolute Gasteiger partial charge is 0.207 e. The summed E-state index contributed by atoms with van der Waals surface area (Å²) in [5.41, 5.74) is 2.02. The molecule has 0 unspecified atom stereocenters. The fourth-order valence-electron chi connectivity index (χ4n) is 1.92. The first-order chi connectivity index (χ1) is 9.82. The summed E-state index contributed by atoms with van der Waals surface area (Å²) in [5, 5.41) is 0.247. The zero-order chi connectivity index (χ0) is 15.6. The van der Waals surface area contributed by atoms with Crippen LogP contribution in [0.1, 0.15) is 11.1 Å². The van der Waals surface area contributed by atoms with Gasteiger partial charge >= 0.3 is 0 Å². The predicted molar refractivity (Wildman–Crippen MR) is 86.3 cm³/mol. The van der Waals surface area contributed by atoms with Gasteiger partial charge in [0.1, 0.15) is 4.90 Å². The van der Waals surface area contributed by atoms with Crippen molar-refractivity contribution in [3.8, 4) is 0 Å². The van der Waals surface area contributed by atoms with Crippen LogP contribution in [0.25, 0.3) is 0 Å². The van der Waals surface area contributed by atoms with E-state index in [9.17, 15) is 8.42 Å². The molecule has 0 amide bonds. The van der Waals surface area contributed by atoms with Gasteiger partial charge in [-0.05, 0) is 24.6 Å². The molecule has 0 aliphatic carbocycles. The first kappa shape index (κ1) is 16.3. The number of hydrogen-bond donors (Lipinski definition) is 0. The molecule has 21 heavy (non-hydrogen) atoms. The van der Waals surface area contributed by atoms with Gasteiger partial charge in [0.05, 0.1) is 10.0 Å². The van der Waals surface area contributed by atoms with Crippen LogP contribution in [0.3, 0.4) is 0 Å². The van der Waals surface area contributed by atoms with Crippen molar-refractivity contribution < 1.29 is 8.42 Å². The van der Waals surface area contributed by atoms with Crippen LogP contribution < -0.4 is 0 Å². The van der Waals surface area contributed by atoms with Gasteiger partial charge in [-0.25, -0.2) is 8.42 Å². The molecule has 3 nitrogen and oxygen atoms in total. The lowest BCUT2D eigenvalue weighted by Gasteiger charge is -2.19. The molecule has 0 aliphatic rings. The minimum absolute atomic E-state index is 0.0528. The van der Waals surface area contributed by atoms with Gasteiger partial charge in [0.2, 0.25) is 10.0 Å². The lowest BCUT2D eigenvalue weighted by molar-refractivity contribution is 0.467. The zero-order valence-electron chi connectivity index (χ0n) is 11.7. The van der Waals surface area contributed by atoms with Gasteiger partial charge in [0.15, 0.2) is 0 Å². The Morgan fingerprint density at radius 3 is 2.05 bits per heavy atom. The van der Waals surface area contributed by atoms with E-state index in [1.807, 2.05) is 31.2 Å². The standard InChI is InChI=1S/C15H15Cl2NO2S/c1-11-6-8-12(9-7-11)10-18(2)21(19,20)15-13(16)4-3-5-14(15)17/h3-9H,10H2,1-2H3. The number of benzene rings is 2. The van der Waals surface area contributed by atoms with E-state index in [0.717, 1.165) is 11.1 Å². The van der Waals surface area contributed by atoms with Crippen LogP contribution in [0.2, 0.25) is 10.0 Å². The second-order valence-corrected chi connectivity index (χ2v) is 7.59.